The molecule has 2 heterocycles. The second-order valence-corrected chi connectivity index (χ2v) is 4.84. The largest absolute Gasteiger partial charge is 0.473 e. The summed E-state index contributed by atoms with van der Waals surface area (Å²) >= 11 is 0. The topological polar surface area (TPSA) is 55.1 Å². The standard InChI is InChI=1S/C14H16N2O2/c15-9-11-8-10-2-1-3-13(10)16-14(11)18-12-4-6-17-7-5-12/h8,12H,1-7H2. The number of hydrogen-bond donors (Lipinski definition) is 0. The van der Waals surface area contributed by atoms with Crippen LogP contribution in [-0.4, -0.2) is 24.3 Å². The summed E-state index contributed by atoms with van der Waals surface area (Å²) < 4.78 is 11.2. The average molecular weight is 244 g/mol. The molecule has 1 aliphatic heterocycles. The van der Waals surface area contributed by atoms with Gasteiger partial charge in [-0.1, -0.05) is 0 Å². The van der Waals surface area contributed by atoms with Crippen molar-refractivity contribution in [3.8, 4) is 11.9 Å². The monoisotopic (exact) mass is 244 g/mol. The van der Waals surface area contributed by atoms with Crippen molar-refractivity contribution in [2.24, 2.45) is 0 Å². The second-order valence-electron chi connectivity index (χ2n) is 4.84. The van der Waals surface area contributed by atoms with E-state index in [1.165, 1.54) is 5.56 Å². The van der Waals surface area contributed by atoms with E-state index in [-0.39, 0.29) is 6.10 Å². The third-order valence-corrected chi connectivity index (χ3v) is 3.58. The van der Waals surface area contributed by atoms with Crippen molar-refractivity contribution in [1.29, 1.82) is 5.26 Å². The molecule has 0 saturated carbocycles. The van der Waals surface area contributed by atoms with E-state index in [1.54, 1.807) is 0 Å². The van der Waals surface area contributed by atoms with Gasteiger partial charge >= 0.3 is 0 Å². The molecule has 0 atom stereocenters. The number of nitriles is 1. The van der Waals surface area contributed by atoms with Crippen LogP contribution in [0.2, 0.25) is 0 Å². The number of nitrogens with zero attached hydrogens (tertiary/aromatic N) is 2. The molecule has 3 rings (SSSR count). The minimum absolute atomic E-state index is 0.137. The molecule has 0 bridgehead atoms. The van der Waals surface area contributed by atoms with Gasteiger partial charge in [0.25, 0.3) is 0 Å². The van der Waals surface area contributed by atoms with E-state index >= 15 is 0 Å². The first-order valence-electron chi connectivity index (χ1n) is 6.54. The maximum absolute atomic E-state index is 9.18. The quantitative estimate of drug-likeness (QED) is 0.798. The highest BCUT2D eigenvalue weighted by Crippen LogP contribution is 2.27. The second kappa shape index (κ2) is 4.95. The van der Waals surface area contributed by atoms with Gasteiger partial charge in [-0.2, -0.15) is 5.26 Å². The lowest BCUT2D eigenvalue weighted by Crippen LogP contribution is -2.26. The predicted octanol–water partition coefficient (Wildman–Crippen LogP) is 2.00. The molecule has 0 N–H and O–H groups in total. The average Bonchev–Trinajstić information content (AvgIpc) is 2.86. The van der Waals surface area contributed by atoms with E-state index in [2.05, 4.69) is 11.1 Å². The fourth-order valence-corrected chi connectivity index (χ4v) is 2.57. The summed E-state index contributed by atoms with van der Waals surface area (Å²) in [5, 5.41) is 9.18. The van der Waals surface area contributed by atoms with Gasteiger partial charge in [0.15, 0.2) is 0 Å². The van der Waals surface area contributed by atoms with E-state index in [9.17, 15) is 5.26 Å². The molecule has 0 radical (unpaired) electrons. The summed E-state index contributed by atoms with van der Waals surface area (Å²) in [4.78, 5) is 4.53. The van der Waals surface area contributed by atoms with Crippen LogP contribution in [0.4, 0.5) is 0 Å². The van der Waals surface area contributed by atoms with Crippen LogP contribution in [0.25, 0.3) is 0 Å². The van der Waals surface area contributed by atoms with E-state index in [0.717, 1.165) is 51.0 Å². The van der Waals surface area contributed by atoms with Crippen molar-refractivity contribution >= 4 is 0 Å². The fourth-order valence-electron chi connectivity index (χ4n) is 2.57. The van der Waals surface area contributed by atoms with Gasteiger partial charge in [0.05, 0.1) is 13.2 Å². The van der Waals surface area contributed by atoms with Crippen molar-refractivity contribution in [2.45, 2.75) is 38.2 Å². The normalized spacial score (nSPS) is 19.3. The number of fused-ring (bicyclic) bond motifs is 1. The fraction of sp³-hybridized carbons (Fsp3) is 0.571. The van der Waals surface area contributed by atoms with Gasteiger partial charge < -0.3 is 9.47 Å². The molecule has 1 aromatic heterocycles. The number of hydrogen-bond acceptors (Lipinski definition) is 4. The first-order valence-corrected chi connectivity index (χ1v) is 6.54. The number of aryl methyl sites for hydroxylation is 2. The zero-order valence-corrected chi connectivity index (χ0v) is 10.3. The number of rotatable bonds is 2. The van der Waals surface area contributed by atoms with E-state index in [0.29, 0.717) is 11.4 Å². The molecule has 0 spiro atoms. The molecular weight excluding hydrogens is 228 g/mol. The molecular formula is C14H16N2O2. The van der Waals surface area contributed by atoms with Crippen molar-refractivity contribution < 1.29 is 9.47 Å². The Labute approximate surface area is 107 Å². The van der Waals surface area contributed by atoms with Gasteiger partial charge in [0.2, 0.25) is 5.88 Å². The van der Waals surface area contributed by atoms with Crippen LogP contribution in [-0.2, 0) is 17.6 Å². The number of aromatic nitrogens is 1. The summed E-state index contributed by atoms with van der Waals surface area (Å²) in [5.74, 6) is 0.519. The molecule has 2 aliphatic rings. The molecule has 4 heteroatoms. The zero-order chi connectivity index (χ0) is 12.4. The molecule has 0 amide bonds. The molecule has 94 valence electrons. The summed E-state index contributed by atoms with van der Waals surface area (Å²) in [6, 6.07) is 4.14. The Hall–Kier alpha value is -1.60. The van der Waals surface area contributed by atoms with Gasteiger partial charge in [-0.05, 0) is 30.9 Å². The van der Waals surface area contributed by atoms with Gasteiger partial charge in [0, 0.05) is 18.5 Å². The Bertz CT molecular complexity index is 487. The van der Waals surface area contributed by atoms with E-state index in [1.807, 2.05) is 6.07 Å². The highest BCUT2D eigenvalue weighted by atomic mass is 16.5. The van der Waals surface area contributed by atoms with E-state index in [4.69, 9.17) is 9.47 Å². The Kier molecular flexibility index (Phi) is 3.16. The lowest BCUT2D eigenvalue weighted by atomic mass is 10.1. The van der Waals surface area contributed by atoms with Crippen LogP contribution in [0.3, 0.4) is 0 Å². The van der Waals surface area contributed by atoms with Crippen molar-refractivity contribution in [2.75, 3.05) is 13.2 Å². The Morgan fingerprint density at radius 1 is 1.33 bits per heavy atom. The van der Waals surface area contributed by atoms with Crippen LogP contribution in [0.15, 0.2) is 6.07 Å². The van der Waals surface area contributed by atoms with Crippen molar-refractivity contribution in [3.63, 3.8) is 0 Å². The molecule has 1 aliphatic carbocycles. The molecule has 0 aromatic carbocycles. The lowest BCUT2D eigenvalue weighted by Gasteiger charge is -2.23. The van der Waals surface area contributed by atoms with Crippen LogP contribution in [0, 0.1) is 11.3 Å². The lowest BCUT2D eigenvalue weighted by molar-refractivity contribution is 0.0235. The summed E-state index contributed by atoms with van der Waals surface area (Å²) in [5.41, 5.74) is 2.89. The smallest absolute Gasteiger partial charge is 0.232 e. The van der Waals surface area contributed by atoms with Gasteiger partial charge in [-0.25, -0.2) is 4.98 Å². The van der Waals surface area contributed by atoms with Gasteiger partial charge in [-0.15, -0.1) is 0 Å². The summed E-state index contributed by atoms with van der Waals surface area (Å²) in [6.07, 6.45) is 5.07. The third-order valence-electron chi connectivity index (χ3n) is 3.58. The first kappa shape index (κ1) is 11.5. The van der Waals surface area contributed by atoms with Gasteiger partial charge in [-0.3, -0.25) is 0 Å². The van der Waals surface area contributed by atoms with Crippen LogP contribution >= 0.6 is 0 Å². The zero-order valence-electron chi connectivity index (χ0n) is 10.3. The highest BCUT2D eigenvalue weighted by molar-refractivity contribution is 5.44. The van der Waals surface area contributed by atoms with Crippen LogP contribution < -0.4 is 4.74 Å². The maximum Gasteiger partial charge on any atom is 0.232 e. The Morgan fingerprint density at radius 2 is 2.17 bits per heavy atom. The van der Waals surface area contributed by atoms with Crippen LogP contribution in [0.1, 0.15) is 36.1 Å². The summed E-state index contributed by atoms with van der Waals surface area (Å²) in [7, 11) is 0. The molecule has 1 aromatic rings. The maximum atomic E-state index is 9.18. The summed E-state index contributed by atoms with van der Waals surface area (Å²) in [6.45, 7) is 1.47. The number of pyridine rings is 1. The minimum atomic E-state index is 0.137. The molecule has 1 saturated heterocycles. The molecule has 0 unspecified atom stereocenters. The van der Waals surface area contributed by atoms with Gasteiger partial charge in [0.1, 0.15) is 17.7 Å². The predicted molar refractivity (Wildman–Crippen MR) is 65.4 cm³/mol. The SMILES string of the molecule is N#Cc1cc2c(nc1OC1CCOCC1)CCC2. The molecule has 18 heavy (non-hydrogen) atoms. The van der Waals surface area contributed by atoms with Crippen molar-refractivity contribution in [1.82, 2.24) is 4.98 Å². The highest BCUT2D eigenvalue weighted by Gasteiger charge is 2.21. The Morgan fingerprint density at radius 3 is 2.94 bits per heavy atom. The number of ether oxygens (including phenoxy) is 2. The van der Waals surface area contributed by atoms with Crippen LogP contribution in [0.5, 0.6) is 5.88 Å². The molecule has 1 fully saturated rings. The molecule has 4 nitrogen and oxygen atoms in total. The van der Waals surface area contributed by atoms with E-state index < -0.39 is 0 Å². The van der Waals surface area contributed by atoms with Crippen molar-refractivity contribution in [3.05, 3.63) is 22.9 Å². The first-order chi connectivity index (χ1) is 8.86. The Balaban J connectivity index is 1.84. The minimum Gasteiger partial charge on any atom is -0.473 e. The third kappa shape index (κ3) is 2.19.